The molecule has 84 valence electrons. The number of aryl methyl sites for hydroxylation is 2. The number of hydrogen-bond donors (Lipinski definition) is 1. The van der Waals surface area contributed by atoms with Crippen LogP contribution in [0.4, 0.5) is 0 Å². The molecule has 4 nitrogen and oxygen atoms in total. The number of nitrogens with zero attached hydrogens (tertiary/aromatic N) is 2. The van der Waals surface area contributed by atoms with Gasteiger partial charge < -0.3 is 5.11 Å². The molecule has 0 bridgehead atoms. The largest absolute Gasteiger partial charge is 0.481 e. The van der Waals surface area contributed by atoms with Gasteiger partial charge in [0.05, 0.1) is 22.3 Å². The number of carboxylic acids is 1. The zero-order chi connectivity index (χ0) is 11.4. The molecule has 5 heteroatoms. The van der Waals surface area contributed by atoms with Crippen molar-refractivity contribution in [2.45, 2.75) is 32.6 Å². The zero-order valence-corrected chi connectivity index (χ0v) is 10.5. The summed E-state index contributed by atoms with van der Waals surface area (Å²) in [7, 11) is 1.89. The van der Waals surface area contributed by atoms with Crippen LogP contribution in [0.1, 0.15) is 31.2 Å². The van der Waals surface area contributed by atoms with E-state index < -0.39 is 5.97 Å². The standard InChI is InChI=1S/C10H15BrN2O2/c1-3-4-8-10(11)7(12-13(8)2)5-6-9(14)15/h3-6H2,1-2H3,(H,14,15). The van der Waals surface area contributed by atoms with E-state index in [4.69, 9.17) is 5.11 Å². The molecule has 0 amide bonds. The van der Waals surface area contributed by atoms with Crippen molar-refractivity contribution in [3.63, 3.8) is 0 Å². The number of hydrogen-bond acceptors (Lipinski definition) is 2. The van der Waals surface area contributed by atoms with E-state index in [1.807, 2.05) is 11.7 Å². The van der Waals surface area contributed by atoms with Gasteiger partial charge in [-0.1, -0.05) is 13.3 Å². The third kappa shape index (κ3) is 3.06. The van der Waals surface area contributed by atoms with E-state index in [9.17, 15) is 4.79 Å². The molecule has 0 saturated heterocycles. The van der Waals surface area contributed by atoms with Gasteiger partial charge in [0.1, 0.15) is 0 Å². The van der Waals surface area contributed by atoms with Crippen LogP contribution >= 0.6 is 15.9 Å². The van der Waals surface area contributed by atoms with Gasteiger partial charge in [-0.15, -0.1) is 0 Å². The summed E-state index contributed by atoms with van der Waals surface area (Å²) in [5, 5.41) is 12.9. The fraction of sp³-hybridized carbons (Fsp3) is 0.600. The minimum Gasteiger partial charge on any atom is -0.481 e. The van der Waals surface area contributed by atoms with Crippen LogP contribution in [0.25, 0.3) is 0 Å². The summed E-state index contributed by atoms with van der Waals surface area (Å²) >= 11 is 3.48. The van der Waals surface area contributed by atoms with Crippen molar-refractivity contribution >= 4 is 21.9 Å². The van der Waals surface area contributed by atoms with E-state index in [2.05, 4.69) is 28.0 Å². The molecule has 0 saturated carbocycles. The van der Waals surface area contributed by atoms with Crippen LogP contribution in [-0.2, 0) is 24.7 Å². The van der Waals surface area contributed by atoms with E-state index in [0.29, 0.717) is 6.42 Å². The molecular formula is C10H15BrN2O2. The zero-order valence-electron chi connectivity index (χ0n) is 8.96. The fourth-order valence-electron chi connectivity index (χ4n) is 1.49. The minimum atomic E-state index is -0.787. The second-order valence-corrected chi connectivity index (χ2v) is 4.27. The maximum absolute atomic E-state index is 10.5. The first-order valence-electron chi connectivity index (χ1n) is 4.98. The van der Waals surface area contributed by atoms with E-state index in [1.54, 1.807) is 0 Å². The predicted molar refractivity (Wildman–Crippen MR) is 60.9 cm³/mol. The van der Waals surface area contributed by atoms with Crippen molar-refractivity contribution in [3.05, 3.63) is 15.9 Å². The van der Waals surface area contributed by atoms with E-state index >= 15 is 0 Å². The van der Waals surface area contributed by atoms with E-state index in [1.165, 1.54) is 0 Å². The van der Waals surface area contributed by atoms with Crippen LogP contribution in [0.3, 0.4) is 0 Å². The fourth-order valence-corrected chi connectivity index (χ4v) is 2.22. The van der Waals surface area contributed by atoms with Crippen molar-refractivity contribution in [1.29, 1.82) is 0 Å². The third-order valence-electron chi connectivity index (χ3n) is 2.23. The Morgan fingerprint density at radius 1 is 1.53 bits per heavy atom. The maximum Gasteiger partial charge on any atom is 0.303 e. The summed E-state index contributed by atoms with van der Waals surface area (Å²) in [5.74, 6) is -0.787. The van der Waals surface area contributed by atoms with Crippen molar-refractivity contribution in [3.8, 4) is 0 Å². The summed E-state index contributed by atoms with van der Waals surface area (Å²) in [6.45, 7) is 2.11. The first kappa shape index (κ1) is 12.2. The lowest BCUT2D eigenvalue weighted by Crippen LogP contribution is -1.99. The molecule has 0 spiro atoms. The lowest BCUT2D eigenvalue weighted by atomic mass is 10.2. The Morgan fingerprint density at radius 2 is 2.20 bits per heavy atom. The molecule has 1 aromatic rings. The predicted octanol–water partition coefficient (Wildman–Crippen LogP) is 2.15. The van der Waals surface area contributed by atoms with Gasteiger partial charge in [-0.05, 0) is 22.4 Å². The molecule has 0 aliphatic heterocycles. The number of carbonyl (C=O) groups is 1. The van der Waals surface area contributed by atoms with Crippen LogP contribution in [0.15, 0.2) is 4.47 Å². The molecule has 0 radical (unpaired) electrons. The summed E-state index contributed by atoms with van der Waals surface area (Å²) in [6.07, 6.45) is 2.61. The monoisotopic (exact) mass is 274 g/mol. The highest BCUT2D eigenvalue weighted by molar-refractivity contribution is 9.10. The van der Waals surface area contributed by atoms with Crippen molar-refractivity contribution in [2.75, 3.05) is 0 Å². The highest BCUT2D eigenvalue weighted by Crippen LogP contribution is 2.23. The average Bonchev–Trinajstić information content (AvgIpc) is 2.43. The van der Waals surface area contributed by atoms with Crippen molar-refractivity contribution < 1.29 is 9.90 Å². The Balaban J connectivity index is 2.81. The van der Waals surface area contributed by atoms with Crippen LogP contribution in [-0.4, -0.2) is 20.9 Å². The maximum atomic E-state index is 10.5. The minimum absolute atomic E-state index is 0.126. The number of aliphatic carboxylic acids is 1. The Labute approximate surface area is 97.4 Å². The average molecular weight is 275 g/mol. The Kier molecular flexibility index (Phi) is 4.32. The molecule has 1 N–H and O–H groups in total. The number of halogens is 1. The second-order valence-electron chi connectivity index (χ2n) is 3.47. The SMILES string of the molecule is CCCc1c(Br)c(CCC(=O)O)nn1C. The van der Waals surface area contributed by atoms with Gasteiger partial charge in [0.2, 0.25) is 0 Å². The lowest BCUT2D eigenvalue weighted by Gasteiger charge is -1.98. The molecule has 1 aromatic heterocycles. The molecular weight excluding hydrogens is 260 g/mol. The number of rotatable bonds is 5. The number of aromatic nitrogens is 2. The summed E-state index contributed by atoms with van der Waals surface area (Å²) in [5.41, 5.74) is 1.97. The summed E-state index contributed by atoms with van der Waals surface area (Å²) < 4.78 is 2.79. The van der Waals surface area contributed by atoms with Crippen LogP contribution in [0, 0.1) is 0 Å². The first-order chi connectivity index (χ1) is 7.06. The molecule has 0 aliphatic rings. The number of carboxylic acid groups (broad SMARTS) is 1. The van der Waals surface area contributed by atoms with E-state index in [-0.39, 0.29) is 6.42 Å². The van der Waals surface area contributed by atoms with Gasteiger partial charge in [0.25, 0.3) is 0 Å². The molecule has 1 rings (SSSR count). The van der Waals surface area contributed by atoms with Crippen LogP contribution in [0.2, 0.25) is 0 Å². The van der Waals surface area contributed by atoms with Crippen molar-refractivity contribution in [2.24, 2.45) is 7.05 Å². The second kappa shape index (κ2) is 5.30. The van der Waals surface area contributed by atoms with Gasteiger partial charge in [0.15, 0.2) is 0 Å². The van der Waals surface area contributed by atoms with E-state index in [0.717, 1.165) is 28.7 Å². The molecule has 0 fully saturated rings. The Morgan fingerprint density at radius 3 is 2.73 bits per heavy atom. The molecule has 0 aliphatic carbocycles. The lowest BCUT2D eigenvalue weighted by molar-refractivity contribution is -0.136. The van der Waals surface area contributed by atoms with Crippen LogP contribution < -0.4 is 0 Å². The Bertz CT molecular complexity index is 361. The molecule has 15 heavy (non-hydrogen) atoms. The summed E-state index contributed by atoms with van der Waals surface area (Å²) in [4.78, 5) is 10.5. The first-order valence-corrected chi connectivity index (χ1v) is 5.77. The van der Waals surface area contributed by atoms with Gasteiger partial charge in [-0.3, -0.25) is 9.48 Å². The van der Waals surface area contributed by atoms with Gasteiger partial charge in [-0.25, -0.2) is 0 Å². The van der Waals surface area contributed by atoms with Crippen LogP contribution in [0.5, 0.6) is 0 Å². The molecule has 0 aromatic carbocycles. The van der Waals surface area contributed by atoms with Gasteiger partial charge >= 0.3 is 5.97 Å². The third-order valence-corrected chi connectivity index (χ3v) is 3.15. The molecule has 1 heterocycles. The smallest absolute Gasteiger partial charge is 0.303 e. The van der Waals surface area contributed by atoms with Crippen molar-refractivity contribution in [1.82, 2.24) is 9.78 Å². The van der Waals surface area contributed by atoms with Gasteiger partial charge in [0, 0.05) is 13.5 Å². The van der Waals surface area contributed by atoms with Gasteiger partial charge in [-0.2, -0.15) is 5.10 Å². The topological polar surface area (TPSA) is 55.1 Å². The Hall–Kier alpha value is -0.840. The summed E-state index contributed by atoms with van der Waals surface area (Å²) in [6, 6.07) is 0. The normalized spacial score (nSPS) is 10.6. The quantitative estimate of drug-likeness (QED) is 0.895. The molecule has 0 atom stereocenters. The highest BCUT2D eigenvalue weighted by atomic mass is 79.9. The highest BCUT2D eigenvalue weighted by Gasteiger charge is 2.13. The molecule has 0 unspecified atom stereocenters.